The van der Waals surface area contributed by atoms with Crippen molar-refractivity contribution in [3.8, 4) is 0 Å². The van der Waals surface area contributed by atoms with Crippen LogP contribution in [0.15, 0.2) is 10.6 Å². The average molecular weight is 296 g/mol. The van der Waals surface area contributed by atoms with Gasteiger partial charge in [0, 0.05) is 12.0 Å². The molecule has 0 radical (unpaired) electrons. The van der Waals surface area contributed by atoms with Crippen LogP contribution in [0.3, 0.4) is 0 Å². The summed E-state index contributed by atoms with van der Waals surface area (Å²) in [6.07, 6.45) is 2.02. The number of carbonyl (C=O) groups is 3. The summed E-state index contributed by atoms with van der Waals surface area (Å²) >= 11 is 0. The van der Waals surface area contributed by atoms with Crippen LogP contribution in [0.5, 0.6) is 0 Å². The molecule has 114 valence electrons. The van der Waals surface area contributed by atoms with Gasteiger partial charge in [0.25, 0.3) is 5.91 Å². The van der Waals surface area contributed by atoms with E-state index in [0.717, 1.165) is 17.7 Å². The zero-order valence-corrected chi connectivity index (χ0v) is 11.8. The molecule has 0 bridgehead atoms. The molecule has 2 rings (SSSR count). The Kier molecular flexibility index (Phi) is 4.56. The SMILES string of the molecule is COC(=O)CN(CC(=O)OC)C(=O)c1cc(C2CC2)on1. The molecular formula is C13H16N2O6. The summed E-state index contributed by atoms with van der Waals surface area (Å²) < 4.78 is 14.1. The maximum Gasteiger partial charge on any atom is 0.325 e. The lowest BCUT2D eigenvalue weighted by Gasteiger charge is -2.18. The molecular weight excluding hydrogens is 280 g/mol. The Morgan fingerprint density at radius 1 is 1.24 bits per heavy atom. The molecule has 1 amide bonds. The Hall–Kier alpha value is -2.38. The monoisotopic (exact) mass is 296 g/mol. The summed E-state index contributed by atoms with van der Waals surface area (Å²) in [5.41, 5.74) is 0.0599. The van der Waals surface area contributed by atoms with Crippen molar-refractivity contribution in [2.45, 2.75) is 18.8 Å². The minimum Gasteiger partial charge on any atom is -0.468 e. The molecule has 0 spiro atoms. The van der Waals surface area contributed by atoms with Gasteiger partial charge >= 0.3 is 11.9 Å². The number of ether oxygens (including phenoxy) is 2. The highest BCUT2D eigenvalue weighted by Gasteiger charge is 2.31. The van der Waals surface area contributed by atoms with Crippen molar-refractivity contribution in [2.75, 3.05) is 27.3 Å². The van der Waals surface area contributed by atoms with Gasteiger partial charge in [0.15, 0.2) is 5.69 Å². The highest BCUT2D eigenvalue weighted by atomic mass is 16.5. The van der Waals surface area contributed by atoms with Gasteiger partial charge in [-0.3, -0.25) is 14.4 Å². The largest absolute Gasteiger partial charge is 0.468 e. The molecule has 0 N–H and O–H groups in total. The third-order valence-electron chi connectivity index (χ3n) is 3.11. The van der Waals surface area contributed by atoms with Crippen molar-refractivity contribution in [1.82, 2.24) is 10.1 Å². The summed E-state index contributed by atoms with van der Waals surface area (Å²) in [5, 5.41) is 3.69. The van der Waals surface area contributed by atoms with Crippen molar-refractivity contribution in [2.24, 2.45) is 0 Å². The number of carbonyl (C=O) groups excluding carboxylic acids is 3. The molecule has 1 saturated carbocycles. The van der Waals surface area contributed by atoms with Gasteiger partial charge in [0.05, 0.1) is 14.2 Å². The van der Waals surface area contributed by atoms with E-state index in [1.165, 1.54) is 14.2 Å². The van der Waals surface area contributed by atoms with Crippen molar-refractivity contribution in [1.29, 1.82) is 0 Å². The molecule has 1 aromatic rings. The number of hydrogen-bond acceptors (Lipinski definition) is 7. The molecule has 21 heavy (non-hydrogen) atoms. The molecule has 0 atom stereocenters. The molecule has 1 aromatic heterocycles. The van der Waals surface area contributed by atoms with Crippen LogP contribution in [0.4, 0.5) is 0 Å². The van der Waals surface area contributed by atoms with Gasteiger partial charge < -0.3 is 18.9 Å². The van der Waals surface area contributed by atoms with Crippen molar-refractivity contribution < 1.29 is 28.4 Å². The van der Waals surface area contributed by atoms with Gasteiger partial charge in [0.1, 0.15) is 18.8 Å². The number of hydrogen-bond donors (Lipinski definition) is 0. The number of amides is 1. The van der Waals surface area contributed by atoms with Crippen molar-refractivity contribution in [3.63, 3.8) is 0 Å². The summed E-state index contributed by atoms with van der Waals surface area (Å²) in [4.78, 5) is 36.0. The van der Waals surface area contributed by atoms with Gasteiger partial charge in [0.2, 0.25) is 0 Å². The van der Waals surface area contributed by atoms with E-state index in [1.54, 1.807) is 6.07 Å². The summed E-state index contributed by atoms with van der Waals surface area (Å²) in [7, 11) is 2.40. The molecule has 1 heterocycles. The number of esters is 2. The summed E-state index contributed by atoms with van der Waals surface area (Å²) in [6.45, 7) is -0.730. The molecule has 0 aromatic carbocycles. The number of nitrogens with zero attached hydrogens (tertiary/aromatic N) is 2. The normalized spacial score (nSPS) is 13.6. The maximum atomic E-state index is 12.3. The Labute approximate surface area is 121 Å². The van der Waals surface area contributed by atoms with Gasteiger partial charge in [-0.1, -0.05) is 5.16 Å². The van der Waals surface area contributed by atoms with E-state index in [4.69, 9.17) is 4.52 Å². The fourth-order valence-electron chi connectivity index (χ4n) is 1.75. The van der Waals surface area contributed by atoms with Crippen LogP contribution in [-0.4, -0.2) is 55.2 Å². The molecule has 1 aliphatic carbocycles. The van der Waals surface area contributed by atoms with E-state index in [9.17, 15) is 14.4 Å². The van der Waals surface area contributed by atoms with Gasteiger partial charge in [-0.25, -0.2) is 0 Å². The minimum absolute atomic E-state index is 0.0599. The molecule has 0 aliphatic heterocycles. The second-order valence-corrected chi connectivity index (χ2v) is 4.70. The van der Waals surface area contributed by atoms with Crippen LogP contribution in [0.2, 0.25) is 0 Å². The van der Waals surface area contributed by atoms with Crippen LogP contribution in [0.1, 0.15) is 35.0 Å². The predicted molar refractivity (Wildman–Crippen MR) is 68.4 cm³/mol. The standard InChI is InChI=1S/C13H16N2O6/c1-19-11(16)6-15(7-12(17)20-2)13(18)9-5-10(21-14-9)8-3-4-8/h5,8H,3-4,6-7H2,1-2H3. The van der Waals surface area contributed by atoms with Crippen LogP contribution < -0.4 is 0 Å². The Morgan fingerprint density at radius 2 is 1.81 bits per heavy atom. The van der Waals surface area contributed by atoms with Gasteiger partial charge in [-0.2, -0.15) is 0 Å². The van der Waals surface area contributed by atoms with Crippen LogP contribution in [0.25, 0.3) is 0 Å². The second-order valence-electron chi connectivity index (χ2n) is 4.70. The van der Waals surface area contributed by atoms with Crippen LogP contribution >= 0.6 is 0 Å². The van der Waals surface area contributed by atoms with E-state index in [0.29, 0.717) is 11.7 Å². The molecule has 0 saturated heterocycles. The van der Waals surface area contributed by atoms with Crippen LogP contribution in [-0.2, 0) is 19.1 Å². The predicted octanol–water partition coefficient (Wildman–Crippen LogP) is 0.340. The third-order valence-corrected chi connectivity index (χ3v) is 3.11. The number of rotatable bonds is 6. The maximum absolute atomic E-state index is 12.3. The van der Waals surface area contributed by atoms with Crippen molar-refractivity contribution in [3.05, 3.63) is 17.5 Å². The lowest BCUT2D eigenvalue weighted by Crippen LogP contribution is -2.40. The average Bonchev–Trinajstić information content (AvgIpc) is 3.22. The van der Waals surface area contributed by atoms with E-state index in [1.807, 2.05) is 0 Å². The quantitative estimate of drug-likeness (QED) is 0.698. The first kappa shape index (κ1) is 15.0. The first-order chi connectivity index (χ1) is 10.0. The smallest absolute Gasteiger partial charge is 0.325 e. The lowest BCUT2D eigenvalue weighted by molar-refractivity contribution is -0.144. The number of aromatic nitrogens is 1. The zero-order chi connectivity index (χ0) is 15.4. The highest BCUT2D eigenvalue weighted by Crippen LogP contribution is 2.40. The number of methoxy groups -OCH3 is 2. The summed E-state index contributed by atoms with van der Waals surface area (Å²) in [6, 6.07) is 1.54. The van der Waals surface area contributed by atoms with Crippen LogP contribution in [0, 0.1) is 0 Å². The highest BCUT2D eigenvalue weighted by molar-refractivity contribution is 5.96. The Bertz CT molecular complexity index is 531. The second kappa shape index (κ2) is 6.38. The topological polar surface area (TPSA) is 98.9 Å². The van der Waals surface area contributed by atoms with Gasteiger partial charge in [-0.05, 0) is 12.8 Å². The fraction of sp³-hybridized carbons (Fsp3) is 0.538. The van der Waals surface area contributed by atoms with Gasteiger partial charge in [-0.15, -0.1) is 0 Å². The molecule has 8 nitrogen and oxygen atoms in total. The van der Waals surface area contributed by atoms with E-state index >= 15 is 0 Å². The first-order valence-electron chi connectivity index (χ1n) is 6.44. The molecule has 1 fully saturated rings. The third kappa shape index (κ3) is 3.80. The fourth-order valence-corrected chi connectivity index (χ4v) is 1.75. The molecule has 0 unspecified atom stereocenters. The first-order valence-corrected chi connectivity index (χ1v) is 6.44. The zero-order valence-electron chi connectivity index (χ0n) is 11.8. The summed E-state index contributed by atoms with van der Waals surface area (Å²) in [5.74, 6) is -0.902. The molecule has 8 heteroatoms. The van der Waals surface area contributed by atoms with Crippen molar-refractivity contribution >= 4 is 17.8 Å². The Morgan fingerprint density at radius 3 is 2.29 bits per heavy atom. The van der Waals surface area contributed by atoms with E-state index in [2.05, 4.69) is 14.6 Å². The van der Waals surface area contributed by atoms with E-state index in [-0.39, 0.29) is 18.8 Å². The molecule has 1 aliphatic rings. The minimum atomic E-state index is -0.641. The lowest BCUT2D eigenvalue weighted by atomic mass is 10.2. The Balaban J connectivity index is 2.10. The van der Waals surface area contributed by atoms with E-state index < -0.39 is 17.8 Å².